The minimum atomic E-state index is -0.714. The van der Waals surface area contributed by atoms with Crippen LogP contribution >= 0.6 is 0 Å². The largest absolute Gasteiger partial charge is 0.441 e. The van der Waals surface area contributed by atoms with Crippen LogP contribution in [0.25, 0.3) is 11.3 Å². The van der Waals surface area contributed by atoms with Gasteiger partial charge < -0.3 is 14.5 Å². The van der Waals surface area contributed by atoms with Crippen molar-refractivity contribution in [2.45, 2.75) is 19.3 Å². The van der Waals surface area contributed by atoms with Crippen molar-refractivity contribution in [3.8, 4) is 11.3 Å². The predicted octanol–water partition coefficient (Wildman–Crippen LogP) is 2.71. The van der Waals surface area contributed by atoms with E-state index in [1.807, 2.05) is 0 Å². The van der Waals surface area contributed by atoms with Crippen LogP contribution in [0.2, 0.25) is 0 Å². The average Bonchev–Trinajstić information content (AvgIpc) is 3.22. The fourth-order valence-corrected chi connectivity index (χ4v) is 2.55. The number of carbonyl (C=O) groups excluding carboxylic acids is 1. The Kier molecular flexibility index (Phi) is 5.20. The van der Waals surface area contributed by atoms with Crippen LogP contribution in [-0.2, 0) is 16.0 Å². The smallest absolute Gasteiger partial charge is 0.220 e. The lowest BCUT2D eigenvalue weighted by Gasteiger charge is -2.08. The molecular formula is C17H18F2N2O3. The van der Waals surface area contributed by atoms with Gasteiger partial charge in [-0.25, -0.2) is 13.8 Å². The summed E-state index contributed by atoms with van der Waals surface area (Å²) in [7, 11) is 0. The van der Waals surface area contributed by atoms with Crippen LogP contribution in [0.3, 0.4) is 0 Å². The lowest BCUT2D eigenvalue weighted by atomic mass is 10.1. The summed E-state index contributed by atoms with van der Waals surface area (Å²) in [4.78, 5) is 15.9. The number of aryl methyl sites for hydroxylation is 1. The molecule has 1 unspecified atom stereocenters. The molecule has 5 nitrogen and oxygen atoms in total. The lowest BCUT2D eigenvalue weighted by Crippen LogP contribution is -2.29. The van der Waals surface area contributed by atoms with Crippen molar-refractivity contribution in [2.75, 3.05) is 19.8 Å². The Morgan fingerprint density at radius 3 is 3.00 bits per heavy atom. The van der Waals surface area contributed by atoms with Crippen LogP contribution < -0.4 is 5.32 Å². The zero-order valence-corrected chi connectivity index (χ0v) is 13.1. The predicted molar refractivity (Wildman–Crippen MR) is 82.1 cm³/mol. The summed E-state index contributed by atoms with van der Waals surface area (Å²) in [5.41, 5.74) is 0.140. The van der Waals surface area contributed by atoms with Gasteiger partial charge in [-0.05, 0) is 18.6 Å². The van der Waals surface area contributed by atoms with Crippen molar-refractivity contribution in [1.29, 1.82) is 0 Å². The molecule has 2 aromatic rings. The molecule has 2 heterocycles. The van der Waals surface area contributed by atoms with Gasteiger partial charge in [0.2, 0.25) is 5.91 Å². The number of nitrogens with zero attached hydrogens (tertiary/aromatic N) is 1. The minimum absolute atomic E-state index is 0.0883. The van der Waals surface area contributed by atoms with Gasteiger partial charge in [0.05, 0.1) is 18.4 Å². The Morgan fingerprint density at radius 1 is 1.38 bits per heavy atom. The SMILES string of the molecule is O=C(CCc1ncc(-c2ccc(F)cc2F)o1)NCC1CCOC1. The molecule has 128 valence electrons. The molecule has 1 aliphatic heterocycles. The van der Waals surface area contributed by atoms with E-state index < -0.39 is 11.6 Å². The Balaban J connectivity index is 1.51. The van der Waals surface area contributed by atoms with Crippen molar-refractivity contribution < 1.29 is 22.7 Å². The van der Waals surface area contributed by atoms with Gasteiger partial charge in [0.25, 0.3) is 0 Å². The molecule has 1 aromatic carbocycles. The van der Waals surface area contributed by atoms with Gasteiger partial charge in [-0.1, -0.05) is 0 Å². The second-order valence-corrected chi connectivity index (χ2v) is 5.78. The van der Waals surface area contributed by atoms with E-state index in [0.29, 0.717) is 31.4 Å². The van der Waals surface area contributed by atoms with E-state index in [1.54, 1.807) is 0 Å². The number of amides is 1. The van der Waals surface area contributed by atoms with Crippen LogP contribution in [0, 0.1) is 17.6 Å². The first-order chi connectivity index (χ1) is 11.6. The quantitative estimate of drug-likeness (QED) is 0.881. The molecule has 1 atom stereocenters. The van der Waals surface area contributed by atoms with Crippen molar-refractivity contribution in [2.24, 2.45) is 5.92 Å². The van der Waals surface area contributed by atoms with Gasteiger partial charge in [-0.3, -0.25) is 4.79 Å². The first kappa shape index (κ1) is 16.6. The van der Waals surface area contributed by atoms with Gasteiger partial charge in [0.15, 0.2) is 11.7 Å². The number of aromatic nitrogens is 1. The molecule has 0 saturated carbocycles. The van der Waals surface area contributed by atoms with Gasteiger partial charge in [0.1, 0.15) is 11.6 Å². The third kappa shape index (κ3) is 4.17. The molecule has 0 spiro atoms. The molecule has 24 heavy (non-hydrogen) atoms. The fourth-order valence-electron chi connectivity index (χ4n) is 2.55. The molecular weight excluding hydrogens is 318 g/mol. The third-order valence-corrected chi connectivity index (χ3v) is 3.93. The van der Waals surface area contributed by atoms with Crippen LogP contribution in [0.15, 0.2) is 28.8 Å². The molecule has 7 heteroatoms. The summed E-state index contributed by atoms with van der Waals surface area (Å²) >= 11 is 0. The number of benzene rings is 1. The first-order valence-electron chi connectivity index (χ1n) is 7.86. The van der Waals surface area contributed by atoms with E-state index in [1.165, 1.54) is 12.3 Å². The highest BCUT2D eigenvalue weighted by atomic mass is 19.1. The normalized spacial score (nSPS) is 17.2. The van der Waals surface area contributed by atoms with Crippen LogP contribution in [0.1, 0.15) is 18.7 Å². The van der Waals surface area contributed by atoms with Crippen molar-refractivity contribution in [3.05, 3.63) is 41.9 Å². The summed E-state index contributed by atoms with van der Waals surface area (Å²) in [5.74, 6) is -0.521. The second kappa shape index (κ2) is 7.53. The minimum Gasteiger partial charge on any atom is -0.441 e. The molecule has 1 aromatic heterocycles. The fraction of sp³-hybridized carbons (Fsp3) is 0.412. The van der Waals surface area contributed by atoms with Crippen molar-refractivity contribution in [1.82, 2.24) is 10.3 Å². The lowest BCUT2D eigenvalue weighted by molar-refractivity contribution is -0.121. The number of nitrogens with one attached hydrogen (secondary N) is 1. The summed E-state index contributed by atoms with van der Waals surface area (Å²) in [6.07, 6.45) is 2.89. The number of rotatable bonds is 6. The Bertz CT molecular complexity index is 712. The molecule has 1 fully saturated rings. The molecule has 1 saturated heterocycles. The highest BCUT2D eigenvalue weighted by Gasteiger charge is 2.17. The van der Waals surface area contributed by atoms with E-state index in [0.717, 1.165) is 25.2 Å². The summed E-state index contributed by atoms with van der Waals surface area (Å²) in [5, 5.41) is 2.86. The summed E-state index contributed by atoms with van der Waals surface area (Å²) in [6.45, 7) is 2.04. The van der Waals surface area contributed by atoms with Crippen molar-refractivity contribution >= 4 is 5.91 Å². The number of halogens is 2. The molecule has 0 bridgehead atoms. The molecule has 1 amide bonds. The third-order valence-electron chi connectivity index (χ3n) is 3.93. The maximum absolute atomic E-state index is 13.7. The number of hydrogen-bond acceptors (Lipinski definition) is 4. The van der Waals surface area contributed by atoms with Gasteiger partial charge in [-0.15, -0.1) is 0 Å². The van der Waals surface area contributed by atoms with Gasteiger partial charge >= 0.3 is 0 Å². The number of ether oxygens (including phenoxy) is 1. The number of oxazole rings is 1. The zero-order chi connectivity index (χ0) is 16.9. The van der Waals surface area contributed by atoms with E-state index in [-0.39, 0.29) is 23.7 Å². The van der Waals surface area contributed by atoms with Crippen LogP contribution in [0.4, 0.5) is 8.78 Å². The average molecular weight is 336 g/mol. The topological polar surface area (TPSA) is 64.4 Å². The van der Waals surface area contributed by atoms with Gasteiger partial charge in [0, 0.05) is 38.0 Å². The van der Waals surface area contributed by atoms with E-state index in [4.69, 9.17) is 9.15 Å². The Labute approximate surface area is 138 Å². The Hall–Kier alpha value is -2.28. The Morgan fingerprint density at radius 2 is 2.25 bits per heavy atom. The number of carbonyl (C=O) groups is 1. The monoisotopic (exact) mass is 336 g/mol. The maximum Gasteiger partial charge on any atom is 0.220 e. The number of hydrogen-bond donors (Lipinski definition) is 1. The molecule has 1 aliphatic rings. The summed E-state index contributed by atoms with van der Waals surface area (Å²) < 4.78 is 37.3. The van der Waals surface area contributed by atoms with E-state index in [2.05, 4.69) is 10.3 Å². The van der Waals surface area contributed by atoms with E-state index >= 15 is 0 Å². The van der Waals surface area contributed by atoms with E-state index in [9.17, 15) is 13.6 Å². The van der Waals surface area contributed by atoms with Crippen LogP contribution in [0.5, 0.6) is 0 Å². The molecule has 1 N–H and O–H groups in total. The first-order valence-corrected chi connectivity index (χ1v) is 7.86. The highest BCUT2D eigenvalue weighted by Crippen LogP contribution is 2.24. The van der Waals surface area contributed by atoms with Crippen LogP contribution in [-0.4, -0.2) is 30.6 Å². The zero-order valence-electron chi connectivity index (χ0n) is 13.1. The molecule has 0 radical (unpaired) electrons. The standard InChI is InChI=1S/C17H18F2N2O3/c18-12-1-2-13(14(19)7-12)15-9-21-17(24-15)4-3-16(22)20-8-11-5-6-23-10-11/h1-2,7,9,11H,3-6,8,10H2,(H,20,22). The van der Waals surface area contributed by atoms with Crippen molar-refractivity contribution in [3.63, 3.8) is 0 Å². The summed E-state index contributed by atoms with van der Waals surface area (Å²) in [6, 6.07) is 3.24. The maximum atomic E-state index is 13.7. The highest BCUT2D eigenvalue weighted by molar-refractivity contribution is 5.76. The molecule has 0 aliphatic carbocycles. The molecule has 3 rings (SSSR count). The second-order valence-electron chi connectivity index (χ2n) is 5.78. The van der Waals surface area contributed by atoms with Gasteiger partial charge in [-0.2, -0.15) is 0 Å².